The van der Waals surface area contributed by atoms with Crippen molar-refractivity contribution in [1.29, 1.82) is 0 Å². The maximum atomic E-state index is 13.3. The fraction of sp³-hybridized carbons (Fsp3) is 0.211. The normalized spacial score (nSPS) is 14.5. The summed E-state index contributed by atoms with van der Waals surface area (Å²) < 4.78 is 2.61. The van der Waals surface area contributed by atoms with Crippen molar-refractivity contribution in [3.8, 4) is 0 Å². The van der Waals surface area contributed by atoms with Crippen LogP contribution in [0, 0.1) is 0 Å². The quantitative estimate of drug-likeness (QED) is 0.478. The number of nitrogens with two attached hydrogens (primary N) is 1. The molecule has 4 aromatic rings. The van der Waals surface area contributed by atoms with Crippen molar-refractivity contribution in [3.05, 3.63) is 58.1 Å². The molecule has 3 N–H and O–H groups in total. The first-order valence-corrected chi connectivity index (χ1v) is 10.0. The van der Waals surface area contributed by atoms with E-state index in [4.69, 9.17) is 5.73 Å². The molecule has 0 spiro atoms. The number of rotatable bonds is 4. The van der Waals surface area contributed by atoms with Gasteiger partial charge in [-0.15, -0.1) is 11.3 Å². The second-order valence-corrected chi connectivity index (χ2v) is 8.09. The summed E-state index contributed by atoms with van der Waals surface area (Å²) in [6.45, 7) is 0.830. The van der Waals surface area contributed by atoms with Gasteiger partial charge in [0.15, 0.2) is 10.7 Å². The molecule has 1 aliphatic heterocycles. The lowest BCUT2D eigenvalue weighted by Crippen LogP contribution is -2.47. The van der Waals surface area contributed by atoms with E-state index in [0.29, 0.717) is 46.6 Å². The molecular weight excluding hydrogens is 404 g/mol. The fourth-order valence-corrected chi connectivity index (χ4v) is 4.78. The number of aromatic amines is 1. The Kier molecular flexibility index (Phi) is 4.15. The molecule has 0 bridgehead atoms. The molecule has 0 unspecified atom stereocenters. The fourth-order valence-electron chi connectivity index (χ4n) is 3.69. The monoisotopic (exact) mass is 422 g/mol. The molecule has 1 aliphatic rings. The highest BCUT2D eigenvalue weighted by atomic mass is 32.1. The van der Waals surface area contributed by atoms with Gasteiger partial charge in [-0.1, -0.05) is 6.07 Å². The number of hydrazine groups is 1. The number of ketones is 1. The Labute approximate surface area is 174 Å². The van der Waals surface area contributed by atoms with E-state index in [1.807, 2.05) is 24.2 Å². The Morgan fingerprint density at radius 1 is 1.27 bits per heavy atom. The molecular formula is C19H18N8O2S. The number of nitrogens with zero attached hydrogens (tertiary/aromatic N) is 6. The predicted molar refractivity (Wildman–Crippen MR) is 111 cm³/mol. The van der Waals surface area contributed by atoms with Crippen LogP contribution in [0.3, 0.4) is 0 Å². The van der Waals surface area contributed by atoms with E-state index < -0.39 is 0 Å². The molecule has 0 aromatic carbocycles. The number of H-pyrrole nitrogens is 1. The predicted octanol–water partition coefficient (Wildman–Crippen LogP) is 1.57. The van der Waals surface area contributed by atoms with Crippen molar-refractivity contribution in [3.63, 3.8) is 0 Å². The van der Waals surface area contributed by atoms with Crippen molar-refractivity contribution in [1.82, 2.24) is 34.8 Å². The van der Waals surface area contributed by atoms with Gasteiger partial charge in [0, 0.05) is 32.4 Å². The van der Waals surface area contributed by atoms with Gasteiger partial charge in [0.05, 0.1) is 16.9 Å². The summed E-state index contributed by atoms with van der Waals surface area (Å²) in [5, 5.41) is 10.4. The third kappa shape index (κ3) is 2.78. The summed E-state index contributed by atoms with van der Waals surface area (Å²) in [6.07, 6.45) is 1.53. The molecule has 4 aromatic heterocycles. The van der Waals surface area contributed by atoms with Gasteiger partial charge < -0.3 is 10.3 Å². The first kappa shape index (κ1) is 18.5. The van der Waals surface area contributed by atoms with E-state index >= 15 is 0 Å². The summed E-state index contributed by atoms with van der Waals surface area (Å²) in [5.74, 6) is 0.0581. The zero-order valence-electron chi connectivity index (χ0n) is 16.3. The number of nitrogen functional groups attached to an aromatic ring is 1. The van der Waals surface area contributed by atoms with Crippen molar-refractivity contribution in [2.75, 3.05) is 12.8 Å². The Hall–Kier alpha value is -3.57. The lowest BCUT2D eigenvalue weighted by molar-refractivity contribution is -0.0122. The highest BCUT2D eigenvalue weighted by Crippen LogP contribution is 2.35. The number of aromatic nitrogens is 5. The van der Waals surface area contributed by atoms with Crippen LogP contribution in [0.4, 0.5) is 5.82 Å². The molecule has 0 saturated heterocycles. The third-order valence-electron chi connectivity index (χ3n) is 5.14. The molecule has 11 heteroatoms. The van der Waals surface area contributed by atoms with Gasteiger partial charge >= 0.3 is 0 Å². The maximum absolute atomic E-state index is 13.3. The van der Waals surface area contributed by atoms with Crippen LogP contribution in [0.5, 0.6) is 0 Å². The van der Waals surface area contributed by atoms with Crippen LogP contribution in [0.2, 0.25) is 0 Å². The van der Waals surface area contributed by atoms with Crippen LogP contribution >= 0.6 is 11.3 Å². The van der Waals surface area contributed by atoms with Crippen LogP contribution in [0.15, 0.2) is 30.5 Å². The number of fused-ring (bicyclic) bond motifs is 3. The molecule has 5 rings (SSSR count). The smallest absolute Gasteiger partial charge is 0.285 e. The molecule has 30 heavy (non-hydrogen) atoms. The number of hydrogen-bond donors (Lipinski definition) is 2. The molecule has 1 amide bonds. The van der Waals surface area contributed by atoms with Crippen LogP contribution in [0.1, 0.15) is 37.2 Å². The zero-order chi connectivity index (χ0) is 21.0. The maximum Gasteiger partial charge on any atom is 0.285 e. The largest absolute Gasteiger partial charge is 0.384 e. The number of aryl methyl sites for hydroxylation is 1. The SMILES string of the molecule is CN1Cc2c(n(C)c3nc(C(=O)c4ccn[nH]4)sc23)C(=O)N1Cc1cccc(N)n1. The molecule has 0 aliphatic carbocycles. The van der Waals surface area contributed by atoms with E-state index in [9.17, 15) is 9.59 Å². The Balaban J connectivity index is 1.52. The highest BCUT2D eigenvalue weighted by molar-refractivity contribution is 7.20. The lowest BCUT2D eigenvalue weighted by atomic mass is 10.1. The Bertz CT molecular complexity index is 1290. The molecule has 152 valence electrons. The second kappa shape index (κ2) is 6.75. The summed E-state index contributed by atoms with van der Waals surface area (Å²) in [4.78, 5) is 34.8. The molecule has 0 fully saturated rings. The number of thiazole rings is 1. The molecule has 10 nitrogen and oxygen atoms in total. The minimum Gasteiger partial charge on any atom is -0.384 e. The second-order valence-electron chi connectivity index (χ2n) is 7.09. The molecule has 0 saturated carbocycles. The molecule has 5 heterocycles. The van der Waals surface area contributed by atoms with Crippen LogP contribution in [-0.2, 0) is 20.1 Å². The minimum atomic E-state index is -0.215. The van der Waals surface area contributed by atoms with Crippen molar-refractivity contribution < 1.29 is 9.59 Å². The van der Waals surface area contributed by atoms with E-state index in [1.54, 1.807) is 28.8 Å². The lowest BCUT2D eigenvalue weighted by Gasteiger charge is -2.35. The summed E-state index contributed by atoms with van der Waals surface area (Å²) in [5.41, 5.74) is 8.94. The molecule has 0 radical (unpaired) electrons. The first-order chi connectivity index (χ1) is 14.4. The number of carbonyl (C=O) groups excluding carboxylic acids is 2. The van der Waals surface area contributed by atoms with Gasteiger partial charge in [0.25, 0.3) is 5.91 Å². The minimum absolute atomic E-state index is 0.142. The van der Waals surface area contributed by atoms with E-state index in [2.05, 4.69) is 20.2 Å². The standard InChI is InChI=1S/C19H18N8O2S/c1-25-9-11-14(19(29)27(25)8-10-4-3-5-13(20)22-10)26(2)17-16(11)30-18(23-17)15(28)12-6-7-21-24-12/h3-7H,8-9H2,1-2H3,(H2,20,22)(H,21,24). The Morgan fingerprint density at radius 3 is 2.83 bits per heavy atom. The van der Waals surface area contributed by atoms with Gasteiger partial charge in [-0.05, 0) is 18.2 Å². The topological polar surface area (TPSA) is 126 Å². The van der Waals surface area contributed by atoms with Crippen molar-refractivity contribution in [2.24, 2.45) is 7.05 Å². The number of nitrogens with one attached hydrogen (secondary N) is 1. The van der Waals surface area contributed by atoms with Gasteiger partial charge in [-0.25, -0.2) is 15.0 Å². The van der Waals surface area contributed by atoms with Gasteiger partial charge in [-0.3, -0.25) is 19.7 Å². The van der Waals surface area contributed by atoms with E-state index in [1.165, 1.54) is 17.5 Å². The number of pyridine rings is 1. The number of amides is 1. The highest BCUT2D eigenvalue weighted by Gasteiger charge is 2.35. The number of carbonyl (C=O) groups is 2. The zero-order valence-corrected chi connectivity index (χ0v) is 17.1. The van der Waals surface area contributed by atoms with Crippen molar-refractivity contribution in [2.45, 2.75) is 13.1 Å². The third-order valence-corrected chi connectivity index (χ3v) is 6.24. The van der Waals surface area contributed by atoms with Gasteiger partial charge in [-0.2, -0.15) is 5.10 Å². The van der Waals surface area contributed by atoms with Gasteiger partial charge in [0.1, 0.15) is 17.2 Å². The summed E-state index contributed by atoms with van der Waals surface area (Å²) >= 11 is 1.29. The van der Waals surface area contributed by atoms with Crippen LogP contribution < -0.4 is 5.73 Å². The number of hydrogen-bond acceptors (Lipinski definition) is 8. The molecule has 0 atom stereocenters. The van der Waals surface area contributed by atoms with E-state index in [-0.39, 0.29) is 11.7 Å². The van der Waals surface area contributed by atoms with Crippen LogP contribution in [-0.4, -0.2) is 53.5 Å². The first-order valence-electron chi connectivity index (χ1n) is 9.20. The summed E-state index contributed by atoms with van der Waals surface area (Å²) in [7, 11) is 3.65. The number of anilines is 1. The average molecular weight is 422 g/mol. The van der Waals surface area contributed by atoms with Crippen LogP contribution in [0.25, 0.3) is 10.3 Å². The van der Waals surface area contributed by atoms with Crippen molar-refractivity contribution >= 4 is 39.2 Å². The summed E-state index contributed by atoms with van der Waals surface area (Å²) in [6, 6.07) is 6.98. The van der Waals surface area contributed by atoms with Gasteiger partial charge in [0.2, 0.25) is 5.78 Å². The van der Waals surface area contributed by atoms with E-state index in [0.717, 1.165) is 10.3 Å². The average Bonchev–Trinajstić information content (AvgIpc) is 3.44. The Morgan fingerprint density at radius 2 is 2.10 bits per heavy atom.